The van der Waals surface area contributed by atoms with E-state index in [2.05, 4.69) is 23.9 Å². The summed E-state index contributed by atoms with van der Waals surface area (Å²) >= 11 is 0. The molecular weight excluding hydrogens is 240 g/mol. The van der Waals surface area contributed by atoms with Gasteiger partial charge in [-0.1, -0.05) is 20.4 Å². The van der Waals surface area contributed by atoms with Gasteiger partial charge in [-0.2, -0.15) is 5.10 Å². The van der Waals surface area contributed by atoms with Crippen LogP contribution in [0.4, 0.5) is 5.69 Å². The number of hydrogen-bond donors (Lipinski definition) is 1. The van der Waals surface area contributed by atoms with Gasteiger partial charge in [0.15, 0.2) is 0 Å². The van der Waals surface area contributed by atoms with E-state index >= 15 is 0 Å². The summed E-state index contributed by atoms with van der Waals surface area (Å²) in [5.74, 6) is 0. The summed E-state index contributed by atoms with van der Waals surface area (Å²) in [7, 11) is 1.97. The molecule has 0 amide bonds. The molecule has 1 rings (SSSR count). The van der Waals surface area contributed by atoms with Crippen LogP contribution in [-0.2, 0) is 6.54 Å². The Morgan fingerprint density at radius 2 is 2.26 bits per heavy atom. The predicted molar refractivity (Wildman–Crippen MR) is 79.7 cm³/mol. The van der Waals surface area contributed by atoms with Crippen molar-refractivity contribution in [3.63, 3.8) is 0 Å². The molecule has 1 aromatic heterocycles. The smallest absolute Gasteiger partial charge is 0.269 e. The second-order valence-electron chi connectivity index (χ2n) is 4.66. The highest BCUT2D eigenvalue weighted by Crippen LogP contribution is 2.07. The normalized spacial score (nSPS) is 10.5. The molecule has 1 aromatic rings. The molecule has 0 aliphatic heterocycles. The highest BCUT2D eigenvalue weighted by molar-refractivity contribution is 5.41. The molecule has 106 valence electrons. The van der Waals surface area contributed by atoms with Crippen LogP contribution in [0.1, 0.15) is 20.3 Å². The van der Waals surface area contributed by atoms with Crippen molar-refractivity contribution in [2.24, 2.45) is 0 Å². The first-order valence-electron chi connectivity index (χ1n) is 6.74. The first-order chi connectivity index (χ1) is 9.08. The lowest BCUT2D eigenvalue weighted by molar-refractivity contribution is 0.608. The van der Waals surface area contributed by atoms with Crippen molar-refractivity contribution >= 4 is 5.69 Å². The lowest BCUT2D eigenvalue weighted by atomic mass is 10.3. The van der Waals surface area contributed by atoms with Crippen LogP contribution in [0.2, 0.25) is 0 Å². The fourth-order valence-corrected chi connectivity index (χ4v) is 1.79. The van der Waals surface area contributed by atoms with Gasteiger partial charge in [-0.15, -0.1) is 0 Å². The van der Waals surface area contributed by atoms with Crippen molar-refractivity contribution in [3.05, 3.63) is 34.8 Å². The van der Waals surface area contributed by atoms with Crippen LogP contribution in [0.15, 0.2) is 29.2 Å². The summed E-state index contributed by atoms with van der Waals surface area (Å²) in [6, 6.07) is 1.63. The fourth-order valence-electron chi connectivity index (χ4n) is 1.79. The Balaban J connectivity index is 2.72. The summed E-state index contributed by atoms with van der Waals surface area (Å²) in [4.78, 5) is 14.0. The quantitative estimate of drug-likeness (QED) is 0.718. The van der Waals surface area contributed by atoms with Crippen molar-refractivity contribution in [1.29, 1.82) is 0 Å². The number of nitrogens with one attached hydrogen (secondary N) is 1. The van der Waals surface area contributed by atoms with E-state index < -0.39 is 0 Å². The van der Waals surface area contributed by atoms with Crippen LogP contribution >= 0.6 is 0 Å². The van der Waals surface area contributed by atoms with E-state index in [1.807, 2.05) is 18.9 Å². The molecule has 0 radical (unpaired) electrons. The molecule has 0 aliphatic rings. The second kappa shape index (κ2) is 7.74. The number of rotatable bonds is 8. The van der Waals surface area contributed by atoms with Gasteiger partial charge < -0.3 is 10.2 Å². The standard InChI is InChI=1S/C14H24N4O/c1-5-7-17(4)13-8-14(19)18(16-10-13)11-12(3)9-15-6-2/h8,10,15H,3,5-7,9,11H2,1-2,4H3. The summed E-state index contributed by atoms with van der Waals surface area (Å²) in [6.45, 7) is 11.1. The summed E-state index contributed by atoms with van der Waals surface area (Å²) in [6.07, 6.45) is 2.77. The third-order valence-corrected chi connectivity index (χ3v) is 2.85. The van der Waals surface area contributed by atoms with E-state index in [4.69, 9.17) is 0 Å². The molecule has 0 unspecified atom stereocenters. The molecule has 5 nitrogen and oxygen atoms in total. The van der Waals surface area contributed by atoms with Gasteiger partial charge in [0.2, 0.25) is 0 Å². The Hall–Kier alpha value is -1.62. The van der Waals surface area contributed by atoms with Gasteiger partial charge in [0.1, 0.15) is 0 Å². The maximum atomic E-state index is 12.0. The van der Waals surface area contributed by atoms with E-state index in [-0.39, 0.29) is 5.56 Å². The van der Waals surface area contributed by atoms with Crippen molar-refractivity contribution < 1.29 is 0 Å². The van der Waals surface area contributed by atoms with E-state index in [1.54, 1.807) is 12.3 Å². The average molecular weight is 264 g/mol. The number of nitrogens with zero attached hydrogens (tertiary/aromatic N) is 3. The van der Waals surface area contributed by atoms with E-state index in [0.29, 0.717) is 13.1 Å². The molecule has 0 spiro atoms. The van der Waals surface area contributed by atoms with Gasteiger partial charge >= 0.3 is 0 Å². The van der Waals surface area contributed by atoms with Gasteiger partial charge in [0.25, 0.3) is 5.56 Å². The molecule has 0 fully saturated rings. The molecule has 1 heterocycles. The summed E-state index contributed by atoms with van der Waals surface area (Å²) in [5.41, 5.74) is 1.73. The molecule has 0 saturated carbocycles. The Labute approximate surface area is 114 Å². The summed E-state index contributed by atoms with van der Waals surface area (Å²) in [5, 5.41) is 7.39. The molecule has 1 N–H and O–H groups in total. The first-order valence-corrected chi connectivity index (χ1v) is 6.74. The van der Waals surface area contributed by atoms with Crippen LogP contribution < -0.4 is 15.8 Å². The lowest BCUT2D eigenvalue weighted by Gasteiger charge is -2.18. The second-order valence-corrected chi connectivity index (χ2v) is 4.66. The lowest BCUT2D eigenvalue weighted by Crippen LogP contribution is -2.28. The van der Waals surface area contributed by atoms with Gasteiger partial charge in [-0.3, -0.25) is 4.79 Å². The molecule has 0 aliphatic carbocycles. The van der Waals surface area contributed by atoms with Crippen molar-refractivity contribution in [2.45, 2.75) is 26.8 Å². The van der Waals surface area contributed by atoms with Crippen molar-refractivity contribution in [1.82, 2.24) is 15.1 Å². The third kappa shape index (κ3) is 4.87. The van der Waals surface area contributed by atoms with Gasteiger partial charge in [-0.25, -0.2) is 4.68 Å². The molecule has 0 saturated heterocycles. The van der Waals surface area contributed by atoms with Crippen LogP contribution in [0, 0.1) is 0 Å². The number of hydrogen-bond acceptors (Lipinski definition) is 4. The van der Waals surface area contributed by atoms with Gasteiger partial charge in [0.05, 0.1) is 18.4 Å². The number of aromatic nitrogens is 2. The highest BCUT2D eigenvalue weighted by atomic mass is 16.1. The van der Waals surface area contributed by atoms with Crippen LogP contribution in [0.3, 0.4) is 0 Å². The highest BCUT2D eigenvalue weighted by Gasteiger charge is 2.05. The van der Waals surface area contributed by atoms with Gasteiger partial charge in [-0.05, 0) is 18.5 Å². The minimum Gasteiger partial charge on any atom is -0.373 e. The SMILES string of the molecule is C=C(CNCC)Cn1ncc(N(C)CCC)cc1=O. The van der Waals surface area contributed by atoms with E-state index in [9.17, 15) is 4.79 Å². The Bertz CT molecular complexity index is 467. The third-order valence-electron chi connectivity index (χ3n) is 2.85. The largest absolute Gasteiger partial charge is 0.373 e. The Morgan fingerprint density at radius 3 is 2.84 bits per heavy atom. The zero-order valence-electron chi connectivity index (χ0n) is 12.1. The van der Waals surface area contributed by atoms with Crippen LogP contribution in [0.25, 0.3) is 0 Å². The molecule has 0 bridgehead atoms. The minimum absolute atomic E-state index is 0.0851. The van der Waals surface area contributed by atoms with Crippen molar-refractivity contribution in [3.8, 4) is 0 Å². The maximum Gasteiger partial charge on any atom is 0.269 e. The number of likely N-dealkylation sites (N-methyl/N-ethyl adjacent to an activating group) is 1. The minimum atomic E-state index is -0.0851. The van der Waals surface area contributed by atoms with Crippen LogP contribution in [0.5, 0.6) is 0 Å². The predicted octanol–water partition coefficient (Wildman–Crippen LogP) is 1.26. The topological polar surface area (TPSA) is 50.2 Å². The zero-order valence-corrected chi connectivity index (χ0v) is 12.1. The Kier molecular flexibility index (Phi) is 6.29. The number of anilines is 1. The van der Waals surface area contributed by atoms with E-state index in [0.717, 1.165) is 30.8 Å². The molecule has 0 atom stereocenters. The maximum absolute atomic E-state index is 12.0. The molecule has 0 aromatic carbocycles. The summed E-state index contributed by atoms with van der Waals surface area (Å²) < 4.78 is 1.45. The van der Waals surface area contributed by atoms with Gasteiger partial charge in [0, 0.05) is 26.2 Å². The first kappa shape index (κ1) is 15.4. The monoisotopic (exact) mass is 264 g/mol. The zero-order chi connectivity index (χ0) is 14.3. The van der Waals surface area contributed by atoms with Crippen LogP contribution in [-0.4, -0.2) is 36.5 Å². The van der Waals surface area contributed by atoms with Crippen molar-refractivity contribution in [2.75, 3.05) is 31.6 Å². The molecule has 19 heavy (non-hydrogen) atoms. The fraction of sp³-hybridized carbons (Fsp3) is 0.571. The van der Waals surface area contributed by atoms with E-state index in [1.165, 1.54) is 4.68 Å². The Morgan fingerprint density at radius 1 is 1.53 bits per heavy atom. The average Bonchev–Trinajstić information content (AvgIpc) is 2.39. The molecular formula is C14H24N4O. The molecule has 5 heteroatoms.